The molecule has 0 spiro atoms. The van der Waals surface area contributed by atoms with E-state index in [9.17, 15) is 13.2 Å². The van der Waals surface area contributed by atoms with Crippen LogP contribution in [0.4, 0.5) is 5.69 Å². The van der Waals surface area contributed by atoms with Crippen molar-refractivity contribution >= 4 is 21.6 Å². The lowest BCUT2D eigenvalue weighted by Gasteiger charge is -2.24. The molecule has 0 saturated carbocycles. The van der Waals surface area contributed by atoms with Crippen LogP contribution in [0, 0.1) is 19.8 Å². The molecule has 1 unspecified atom stereocenters. The molecule has 1 N–H and O–H groups in total. The van der Waals surface area contributed by atoms with Crippen LogP contribution in [0.15, 0.2) is 18.2 Å². The van der Waals surface area contributed by atoms with E-state index >= 15 is 0 Å². The highest BCUT2D eigenvalue weighted by molar-refractivity contribution is 7.92. The van der Waals surface area contributed by atoms with Crippen molar-refractivity contribution in [3.63, 3.8) is 0 Å². The molecule has 0 aromatic heterocycles. The van der Waals surface area contributed by atoms with Crippen LogP contribution in [0.2, 0.25) is 0 Å². The third kappa shape index (κ3) is 5.02. The number of hydrogen-bond acceptors (Lipinski definition) is 3. The number of anilines is 1. The van der Waals surface area contributed by atoms with E-state index in [4.69, 9.17) is 0 Å². The van der Waals surface area contributed by atoms with Gasteiger partial charge in [-0.15, -0.1) is 0 Å². The van der Waals surface area contributed by atoms with Gasteiger partial charge in [0, 0.05) is 6.04 Å². The van der Waals surface area contributed by atoms with Crippen molar-refractivity contribution in [3.8, 4) is 0 Å². The maximum absolute atomic E-state index is 12.1. The molecule has 1 atom stereocenters. The van der Waals surface area contributed by atoms with E-state index in [0.29, 0.717) is 5.69 Å². The lowest BCUT2D eigenvalue weighted by molar-refractivity contribution is -0.120. The molecule has 0 aliphatic carbocycles. The number of amides is 1. The summed E-state index contributed by atoms with van der Waals surface area (Å²) in [5.74, 6) is -0.0119. The number of rotatable bonds is 6. The Labute approximate surface area is 133 Å². The molecule has 5 nitrogen and oxygen atoms in total. The first kappa shape index (κ1) is 18.5. The number of carbonyl (C=O) groups is 1. The van der Waals surface area contributed by atoms with Crippen LogP contribution < -0.4 is 9.62 Å². The summed E-state index contributed by atoms with van der Waals surface area (Å²) in [6, 6.07) is 5.36. The van der Waals surface area contributed by atoms with Crippen LogP contribution in [-0.2, 0) is 14.8 Å². The number of benzene rings is 1. The van der Waals surface area contributed by atoms with E-state index < -0.39 is 10.0 Å². The number of aryl methyl sites for hydroxylation is 2. The molecule has 0 radical (unpaired) electrons. The Morgan fingerprint density at radius 2 is 1.77 bits per heavy atom. The molecule has 0 fully saturated rings. The normalized spacial score (nSPS) is 13.0. The fourth-order valence-electron chi connectivity index (χ4n) is 1.88. The molecule has 1 amide bonds. The molecular weight excluding hydrogens is 300 g/mol. The topological polar surface area (TPSA) is 66.5 Å². The lowest BCUT2D eigenvalue weighted by atomic mass is 10.1. The average Bonchev–Trinajstić information content (AvgIpc) is 2.38. The summed E-state index contributed by atoms with van der Waals surface area (Å²) in [4.78, 5) is 12.1. The first-order valence-electron chi connectivity index (χ1n) is 7.36. The Hall–Kier alpha value is -1.56. The monoisotopic (exact) mass is 326 g/mol. The van der Waals surface area contributed by atoms with Gasteiger partial charge in [0.05, 0.1) is 11.9 Å². The Kier molecular flexibility index (Phi) is 6.00. The third-order valence-electron chi connectivity index (χ3n) is 3.85. The summed E-state index contributed by atoms with van der Waals surface area (Å²) in [5.41, 5.74) is 2.58. The Balaban J connectivity index is 3.00. The van der Waals surface area contributed by atoms with Crippen LogP contribution in [0.3, 0.4) is 0 Å². The maximum Gasteiger partial charge on any atom is 0.240 e. The average molecular weight is 326 g/mol. The smallest absolute Gasteiger partial charge is 0.240 e. The molecule has 0 aliphatic heterocycles. The van der Waals surface area contributed by atoms with Gasteiger partial charge in [0.15, 0.2) is 0 Å². The SMILES string of the molecule is Cc1ccc(N(CC(=O)NC(C)C(C)C)S(C)(=O)=O)cc1C. The molecular formula is C16H26N2O3S. The summed E-state index contributed by atoms with van der Waals surface area (Å²) >= 11 is 0. The molecule has 22 heavy (non-hydrogen) atoms. The molecule has 1 aromatic rings. The van der Waals surface area contributed by atoms with Gasteiger partial charge < -0.3 is 5.32 Å². The van der Waals surface area contributed by atoms with Crippen molar-refractivity contribution in [2.24, 2.45) is 5.92 Å². The van der Waals surface area contributed by atoms with Crippen LogP contribution >= 0.6 is 0 Å². The zero-order valence-electron chi connectivity index (χ0n) is 14.2. The van der Waals surface area contributed by atoms with Crippen LogP contribution in [0.25, 0.3) is 0 Å². The molecule has 1 rings (SSSR count). The minimum atomic E-state index is -3.53. The van der Waals surface area contributed by atoms with E-state index in [1.54, 1.807) is 12.1 Å². The Morgan fingerprint density at radius 1 is 1.18 bits per heavy atom. The van der Waals surface area contributed by atoms with Crippen LogP contribution in [0.5, 0.6) is 0 Å². The number of hydrogen-bond donors (Lipinski definition) is 1. The van der Waals surface area contributed by atoms with E-state index in [0.717, 1.165) is 21.7 Å². The number of nitrogens with zero attached hydrogens (tertiary/aromatic N) is 1. The first-order valence-corrected chi connectivity index (χ1v) is 9.21. The van der Waals surface area contributed by atoms with Gasteiger partial charge in [0.25, 0.3) is 0 Å². The molecule has 124 valence electrons. The quantitative estimate of drug-likeness (QED) is 0.872. The highest BCUT2D eigenvalue weighted by Crippen LogP contribution is 2.21. The second-order valence-corrected chi connectivity index (χ2v) is 8.05. The standard InChI is InChI=1S/C16H26N2O3S/c1-11(2)14(5)17-16(19)10-18(22(6,20)21)15-8-7-12(3)13(4)9-15/h7-9,11,14H,10H2,1-6H3,(H,17,19). The molecule has 6 heteroatoms. The zero-order chi connectivity index (χ0) is 17.1. The van der Waals surface area contributed by atoms with Crippen molar-refractivity contribution in [1.82, 2.24) is 5.32 Å². The van der Waals surface area contributed by atoms with Gasteiger partial charge in [-0.1, -0.05) is 19.9 Å². The van der Waals surface area contributed by atoms with Crippen LogP contribution in [-0.4, -0.2) is 33.2 Å². The summed E-state index contributed by atoms with van der Waals surface area (Å²) < 4.78 is 25.2. The van der Waals surface area contributed by atoms with Gasteiger partial charge in [0.2, 0.25) is 15.9 Å². The highest BCUT2D eigenvalue weighted by Gasteiger charge is 2.22. The van der Waals surface area contributed by atoms with Crippen LogP contribution in [0.1, 0.15) is 31.9 Å². The van der Waals surface area contributed by atoms with Gasteiger partial charge >= 0.3 is 0 Å². The highest BCUT2D eigenvalue weighted by atomic mass is 32.2. The Morgan fingerprint density at radius 3 is 2.23 bits per heavy atom. The fourth-order valence-corrected chi connectivity index (χ4v) is 2.73. The van der Waals surface area contributed by atoms with E-state index in [-0.39, 0.29) is 24.4 Å². The van der Waals surface area contributed by atoms with Gasteiger partial charge in [0.1, 0.15) is 6.54 Å². The molecule has 0 bridgehead atoms. The second kappa shape index (κ2) is 7.13. The van der Waals surface area contributed by atoms with Crippen molar-refractivity contribution in [2.45, 2.75) is 40.7 Å². The van der Waals surface area contributed by atoms with E-state index in [1.165, 1.54) is 0 Å². The molecule has 0 heterocycles. The fraction of sp³-hybridized carbons (Fsp3) is 0.562. The van der Waals surface area contributed by atoms with Crippen molar-refractivity contribution in [2.75, 3.05) is 17.1 Å². The number of nitrogens with one attached hydrogen (secondary N) is 1. The number of sulfonamides is 1. The zero-order valence-corrected chi connectivity index (χ0v) is 15.0. The summed E-state index contributed by atoms with van der Waals surface area (Å²) in [7, 11) is -3.53. The minimum Gasteiger partial charge on any atom is -0.352 e. The largest absolute Gasteiger partial charge is 0.352 e. The Bertz CT molecular complexity index is 639. The first-order chi connectivity index (χ1) is 10.0. The van der Waals surface area contributed by atoms with Gasteiger partial charge in [-0.2, -0.15) is 0 Å². The summed E-state index contributed by atoms with van der Waals surface area (Å²) in [5, 5.41) is 2.83. The predicted molar refractivity (Wildman–Crippen MR) is 90.5 cm³/mol. The second-order valence-electron chi connectivity index (χ2n) is 6.14. The lowest BCUT2D eigenvalue weighted by Crippen LogP contribution is -2.44. The molecule has 1 aromatic carbocycles. The van der Waals surface area contributed by atoms with Gasteiger partial charge in [-0.05, 0) is 49.9 Å². The summed E-state index contributed by atoms with van der Waals surface area (Å²) in [6.07, 6.45) is 1.11. The van der Waals surface area contributed by atoms with Crippen molar-refractivity contribution in [1.29, 1.82) is 0 Å². The van der Waals surface area contributed by atoms with Gasteiger partial charge in [-0.3, -0.25) is 9.10 Å². The number of carbonyl (C=O) groups excluding carboxylic acids is 1. The summed E-state index contributed by atoms with van der Waals surface area (Å²) in [6.45, 7) is 9.58. The van der Waals surface area contributed by atoms with E-state index in [1.807, 2.05) is 40.7 Å². The van der Waals surface area contributed by atoms with E-state index in [2.05, 4.69) is 5.32 Å². The predicted octanol–water partition coefficient (Wildman–Crippen LogP) is 2.23. The third-order valence-corrected chi connectivity index (χ3v) is 5.00. The molecule has 0 aliphatic rings. The minimum absolute atomic E-state index is 0.00587. The maximum atomic E-state index is 12.1. The molecule has 0 saturated heterocycles. The van der Waals surface area contributed by atoms with Gasteiger partial charge in [-0.25, -0.2) is 8.42 Å². The van der Waals surface area contributed by atoms with Crippen molar-refractivity contribution in [3.05, 3.63) is 29.3 Å². The van der Waals surface area contributed by atoms with Crippen molar-refractivity contribution < 1.29 is 13.2 Å².